The van der Waals surface area contributed by atoms with E-state index in [0.29, 0.717) is 11.4 Å². The molecule has 0 saturated heterocycles. The summed E-state index contributed by atoms with van der Waals surface area (Å²) in [4.78, 5) is 14.8. The van der Waals surface area contributed by atoms with E-state index in [-0.39, 0.29) is 10.8 Å². The van der Waals surface area contributed by atoms with Crippen molar-refractivity contribution in [2.45, 2.75) is 11.8 Å². The lowest BCUT2D eigenvalue weighted by atomic mass is 10.1. The Balaban J connectivity index is 2.13. The molecule has 0 spiro atoms. The van der Waals surface area contributed by atoms with E-state index in [9.17, 15) is 13.2 Å². The standard InChI is InChI=1S/C15H18N4O3S/c1-11(17-18-15(20)14-5-4-10-16-14)12-6-8-13(9-7-12)23(21,22)19(2)3/h4-10,16H,1-3H3,(H,18,20)/b17-11-. The predicted octanol–water partition coefficient (Wildman–Crippen LogP) is 1.42. The van der Waals surface area contributed by atoms with Gasteiger partial charge in [-0.15, -0.1) is 0 Å². The first-order valence-electron chi connectivity index (χ1n) is 6.83. The minimum absolute atomic E-state index is 0.203. The molecule has 7 nitrogen and oxygen atoms in total. The summed E-state index contributed by atoms with van der Waals surface area (Å²) in [5.74, 6) is -0.346. The Morgan fingerprint density at radius 1 is 1.17 bits per heavy atom. The van der Waals surface area contributed by atoms with E-state index >= 15 is 0 Å². The monoisotopic (exact) mass is 334 g/mol. The summed E-state index contributed by atoms with van der Waals surface area (Å²) in [6, 6.07) is 9.68. The molecular weight excluding hydrogens is 316 g/mol. The summed E-state index contributed by atoms with van der Waals surface area (Å²) in [6.07, 6.45) is 1.65. The first-order chi connectivity index (χ1) is 10.8. The van der Waals surface area contributed by atoms with Crippen LogP contribution >= 0.6 is 0 Å². The lowest BCUT2D eigenvalue weighted by Crippen LogP contribution is -2.22. The maximum Gasteiger partial charge on any atom is 0.287 e. The minimum Gasteiger partial charge on any atom is -0.357 e. The maximum atomic E-state index is 12.0. The first-order valence-corrected chi connectivity index (χ1v) is 8.27. The summed E-state index contributed by atoms with van der Waals surface area (Å²) in [7, 11) is -0.499. The number of benzene rings is 1. The number of nitrogens with one attached hydrogen (secondary N) is 2. The summed E-state index contributed by atoms with van der Waals surface area (Å²) < 4.78 is 25.1. The number of sulfonamides is 1. The van der Waals surface area contributed by atoms with Gasteiger partial charge in [-0.25, -0.2) is 18.1 Å². The van der Waals surface area contributed by atoms with E-state index in [2.05, 4.69) is 15.5 Å². The first kappa shape index (κ1) is 16.9. The zero-order valence-corrected chi connectivity index (χ0v) is 13.9. The smallest absolute Gasteiger partial charge is 0.287 e. The molecule has 0 bridgehead atoms. The summed E-state index contributed by atoms with van der Waals surface area (Å²) in [5.41, 5.74) is 4.13. The fourth-order valence-corrected chi connectivity index (χ4v) is 2.71. The molecule has 0 unspecified atom stereocenters. The van der Waals surface area contributed by atoms with Gasteiger partial charge in [0.1, 0.15) is 5.69 Å². The Labute approximate surface area is 135 Å². The molecule has 0 saturated carbocycles. The molecule has 122 valence electrons. The molecular formula is C15H18N4O3S. The van der Waals surface area contributed by atoms with Crippen molar-refractivity contribution in [2.75, 3.05) is 14.1 Å². The molecule has 8 heteroatoms. The van der Waals surface area contributed by atoms with E-state index < -0.39 is 10.0 Å². The summed E-state index contributed by atoms with van der Waals surface area (Å²) in [6.45, 7) is 1.73. The molecule has 1 amide bonds. The lowest BCUT2D eigenvalue weighted by Gasteiger charge is -2.11. The van der Waals surface area contributed by atoms with Crippen LogP contribution in [0.1, 0.15) is 23.0 Å². The van der Waals surface area contributed by atoms with Crippen LogP contribution in [-0.4, -0.2) is 43.4 Å². The number of aromatic nitrogens is 1. The van der Waals surface area contributed by atoms with Gasteiger partial charge in [0.2, 0.25) is 10.0 Å². The van der Waals surface area contributed by atoms with Crippen molar-refractivity contribution < 1.29 is 13.2 Å². The molecule has 2 N–H and O–H groups in total. The molecule has 0 fully saturated rings. The predicted molar refractivity (Wildman–Crippen MR) is 87.8 cm³/mol. The maximum absolute atomic E-state index is 12.0. The van der Waals surface area contributed by atoms with Crippen LogP contribution in [0.2, 0.25) is 0 Å². The Hall–Kier alpha value is -2.45. The minimum atomic E-state index is -3.46. The second-order valence-corrected chi connectivity index (χ2v) is 7.19. The fraction of sp³-hybridized carbons (Fsp3) is 0.200. The van der Waals surface area contributed by atoms with Gasteiger partial charge in [0.25, 0.3) is 5.91 Å². The van der Waals surface area contributed by atoms with Crippen molar-refractivity contribution in [1.29, 1.82) is 0 Å². The highest BCUT2D eigenvalue weighted by molar-refractivity contribution is 7.89. The number of hydrogen-bond acceptors (Lipinski definition) is 4. The van der Waals surface area contributed by atoms with Gasteiger partial charge >= 0.3 is 0 Å². The third-order valence-electron chi connectivity index (χ3n) is 3.22. The van der Waals surface area contributed by atoms with Gasteiger partial charge in [0.05, 0.1) is 10.6 Å². The molecule has 0 atom stereocenters. The van der Waals surface area contributed by atoms with Crippen LogP contribution in [-0.2, 0) is 10.0 Å². The molecule has 0 aliphatic carbocycles. The Bertz CT molecular complexity index is 807. The average Bonchev–Trinajstić information content (AvgIpc) is 3.06. The second kappa shape index (κ2) is 6.76. The van der Waals surface area contributed by atoms with Gasteiger partial charge in [0, 0.05) is 20.3 Å². The van der Waals surface area contributed by atoms with Gasteiger partial charge in [-0.3, -0.25) is 4.79 Å². The zero-order chi connectivity index (χ0) is 17.0. The van der Waals surface area contributed by atoms with Gasteiger partial charge in [0.15, 0.2) is 0 Å². The quantitative estimate of drug-likeness (QED) is 0.639. The molecule has 1 aromatic carbocycles. The van der Waals surface area contributed by atoms with E-state index in [1.165, 1.54) is 26.2 Å². The Kier molecular flexibility index (Phi) is 4.97. The number of carbonyl (C=O) groups is 1. The van der Waals surface area contributed by atoms with Crippen LogP contribution < -0.4 is 5.43 Å². The normalized spacial score (nSPS) is 12.4. The van der Waals surface area contributed by atoms with Gasteiger partial charge < -0.3 is 4.98 Å². The lowest BCUT2D eigenvalue weighted by molar-refractivity contribution is 0.0950. The molecule has 0 radical (unpaired) electrons. The van der Waals surface area contributed by atoms with Crippen molar-refractivity contribution in [3.8, 4) is 0 Å². The van der Waals surface area contributed by atoms with E-state index in [4.69, 9.17) is 0 Å². The van der Waals surface area contributed by atoms with Gasteiger partial charge in [-0.05, 0) is 36.8 Å². The summed E-state index contributed by atoms with van der Waals surface area (Å²) >= 11 is 0. The largest absolute Gasteiger partial charge is 0.357 e. The average molecular weight is 334 g/mol. The number of nitrogens with zero attached hydrogens (tertiary/aromatic N) is 2. The fourth-order valence-electron chi connectivity index (χ4n) is 1.81. The Morgan fingerprint density at radius 2 is 1.83 bits per heavy atom. The van der Waals surface area contributed by atoms with Gasteiger partial charge in [-0.2, -0.15) is 5.10 Å². The highest BCUT2D eigenvalue weighted by atomic mass is 32.2. The van der Waals surface area contributed by atoms with Crippen molar-refractivity contribution in [3.05, 3.63) is 53.9 Å². The zero-order valence-electron chi connectivity index (χ0n) is 13.1. The summed E-state index contributed by atoms with van der Waals surface area (Å²) in [5, 5.41) is 4.01. The van der Waals surface area contributed by atoms with E-state index in [1.807, 2.05) is 0 Å². The molecule has 2 rings (SSSR count). The van der Waals surface area contributed by atoms with Crippen LogP contribution in [0.4, 0.5) is 0 Å². The number of aromatic amines is 1. The third-order valence-corrected chi connectivity index (χ3v) is 5.05. The number of rotatable bonds is 5. The number of hydrazone groups is 1. The molecule has 23 heavy (non-hydrogen) atoms. The SMILES string of the molecule is C/C(=N/NC(=O)c1ccc[nH]1)c1ccc(S(=O)(=O)N(C)C)cc1. The topological polar surface area (TPSA) is 94.6 Å². The molecule has 0 aliphatic heterocycles. The Morgan fingerprint density at radius 3 is 2.35 bits per heavy atom. The molecule has 1 heterocycles. The number of hydrogen-bond donors (Lipinski definition) is 2. The van der Waals surface area contributed by atoms with Crippen LogP contribution in [0, 0.1) is 0 Å². The van der Waals surface area contributed by atoms with E-state index in [0.717, 1.165) is 9.87 Å². The highest BCUT2D eigenvalue weighted by Gasteiger charge is 2.16. The van der Waals surface area contributed by atoms with Crippen molar-refractivity contribution in [3.63, 3.8) is 0 Å². The number of H-pyrrole nitrogens is 1. The van der Waals surface area contributed by atoms with Crippen LogP contribution in [0.25, 0.3) is 0 Å². The van der Waals surface area contributed by atoms with Crippen molar-refractivity contribution >= 4 is 21.6 Å². The highest BCUT2D eigenvalue weighted by Crippen LogP contribution is 2.14. The van der Waals surface area contributed by atoms with Crippen molar-refractivity contribution in [2.24, 2.45) is 5.10 Å². The second-order valence-electron chi connectivity index (χ2n) is 5.03. The van der Waals surface area contributed by atoms with E-state index in [1.54, 1.807) is 37.4 Å². The molecule has 0 aliphatic rings. The van der Waals surface area contributed by atoms with Gasteiger partial charge in [-0.1, -0.05) is 12.1 Å². The third kappa shape index (κ3) is 3.85. The molecule has 2 aromatic rings. The van der Waals surface area contributed by atoms with Crippen molar-refractivity contribution in [1.82, 2.24) is 14.7 Å². The number of carbonyl (C=O) groups excluding carboxylic acids is 1. The van der Waals surface area contributed by atoms with Crippen LogP contribution in [0.3, 0.4) is 0 Å². The van der Waals surface area contributed by atoms with Crippen LogP contribution in [0.15, 0.2) is 52.6 Å². The number of amides is 1. The van der Waals surface area contributed by atoms with Crippen LogP contribution in [0.5, 0.6) is 0 Å². The molecule has 1 aromatic heterocycles.